The maximum absolute atomic E-state index is 9.23. The number of nitrogens with zero attached hydrogens (tertiary/aromatic N) is 2. The minimum atomic E-state index is -2.33. The summed E-state index contributed by atoms with van der Waals surface area (Å²) in [5, 5.41) is 6.62. The molecule has 1 saturated carbocycles. The fraction of sp³-hybridized carbons (Fsp3) is 0.265. The maximum Gasteiger partial charge on any atom is 0.121 e. The maximum atomic E-state index is 9.23. The summed E-state index contributed by atoms with van der Waals surface area (Å²) in [7, 11) is 0. The molecule has 0 N–H and O–H groups in total. The Balaban J connectivity index is 0.000000208. The molecule has 0 amide bonds. The number of aryl methyl sites for hydroxylation is 2. The second-order valence-electron chi connectivity index (χ2n) is 14.6. The Kier molecular flexibility index (Phi) is 7.84. The number of hydrogen-bond donors (Lipinski definition) is 0. The number of aromatic nitrogens is 2. The zero-order chi connectivity index (χ0) is 43.5. The van der Waals surface area contributed by atoms with E-state index in [4.69, 9.17) is 15.4 Å². The van der Waals surface area contributed by atoms with Gasteiger partial charge in [0.05, 0.1) is 5.58 Å². The molecule has 0 unspecified atom stereocenters. The average Bonchev–Trinajstić information content (AvgIpc) is 3.60. The number of rotatable bonds is 4. The summed E-state index contributed by atoms with van der Waals surface area (Å²) < 4.78 is 78.6. The van der Waals surface area contributed by atoms with Gasteiger partial charge in [-0.1, -0.05) is 112 Å². The second kappa shape index (κ2) is 15.4. The Hall–Kier alpha value is -4.63. The molecule has 3 heterocycles. The normalized spacial score (nSPS) is 17.5. The van der Waals surface area contributed by atoms with E-state index in [-0.39, 0.29) is 31.2 Å². The van der Waals surface area contributed by atoms with E-state index in [0.717, 1.165) is 46.4 Å². The van der Waals surface area contributed by atoms with Gasteiger partial charge in [0.1, 0.15) is 5.58 Å². The summed E-state index contributed by atoms with van der Waals surface area (Å²) in [6.45, 7) is 1.08. The first-order valence-electron chi connectivity index (χ1n) is 22.4. The fourth-order valence-electron chi connectivity index (χ4n) is 7.21. The van der Waals surface area contributed by atoms with Crippen molar-refractivity contribution in [3.63, 3.8) is 0 Å². The summed E-state index contributed by atoms with van der Waals surface area (Å²) in [6, 6.07) is 36.9. The van der Waals surface area contributed by atoms with E-state index in [1.807, 2.05) is 45.0 Å². The zero-order valence-corrected chi connectivity index (χ0v) is 32.5. The van der Waals surface area contributed by atoms with Crippen LogP contribution in [0.3, 0.4) is 0 Å². The van der Waals surface area contributed by atoms with Crippen molar-refractivity contribution in [2.45, 2.75) is 78.8 Å². The van der Waals surface area contributed by atoms with E-state index in [2.05, 4.69) is 64.6 Å². The van der Waals surface area contributed by atoms with Crippen molar-refractivity contribution in [2.75, 3.05) is 0 Å². The Labute approximate surface area is 339 Å². The first-order valence-corrected chi connectivity index (χ1v) is 17.9. The molecule has 4 heteroatoms. The van der Waals surface area contributed by atoms with Gasteiger partial charge in [-0.25, -0.2) is 0 Å². The van der Waals surface area contributed by atoms with Crippen molar-refractivity contribution < 1.29 is 36.9 Å². The van der Waals surface area contributed by atoms with Crippen LogP contribution >= 0.6 is 0 Å². The zero-order valence-electron chi connectivity index (χ0n) is 39.1. The third-order valence-electron chi connectivity index (χ3n) is 9.67. The molecule has 269 valence electrons. The molecule has 3 aromatic heterocycles. The van der Waals surface area contributed by atoms with Crippen LogP contribution in [0.2, 0.25) is 0 Å². The van der Waals surface area contributed by atoms with E-state index in [0.29, 0.717) is 52.1 Å². The van der Waals surface area contributed by atoms with Gasteiger partial charge >= 0.3 is 0 Å². The van der Waals surface area contributed by atoms with Crippen LogP contribution in [0.4, 0.5) is 0 Å². The quantitative estimate of drug-likeness (QED) is 0.131. The molecule has 53 heavy (non-hydrogen) atoms. The van der Waals surface area contributed by atoms with Crippen molar-refractivity contribution in [3.05, 3.63) is 144 Å². The van der Waals surface area contributed by atoms with E-state index < -0.39 is 31.4 Å². The smallest absolute Gasteiger partial charge is 0.121 e. The van der Waals surface area contributed by atoms with Crippen molar-refractivity contribution >= 4 is 43.5 Å². The van der Waals surface area contributed by atoms with Gasteiger partial charge in [0.15, 0.2) is 0 Å². The van der Waals surface area contributed by atoms with Crippen molar-refractivity contribution in [2.24, 2.45) is 5.41 Å². The Bertz CT molecular complexity index is 2890. The minimum absolute atomic E-state index is 0. The van der Waals surface area contributed by atoms with E-state index >= 15 is 0 Å². The summed E-state index contributed by atoms with van der Waals surface area (Å²) in [5.41, 5.74) is 5.00. The van der Waals surface area contributed by atoms with Gasteiger partial charge < -0.3 is 14.4 Å². The van der Waals surface area contributed by atoms with Gasteiger partial charge in [0, 0.05) is 50.2 Å². The van der Waals surface area contributed by atoms with Crippen molar-refractivity contribution in [1.29, 1.82) is 0 Å². The van der Waals surface area contributed by atoms with Crippen molar-refractivity contribution in [3.8, 4) is 22.5 Å². The van der Waals surface area contributed by atoms with E-state index in [9.17, 15) is 1.37 Å². The molecule has 5 aromatic carbocycles. The van der Waals surface area contributed by atoms with Crippen LogP contribution in [-0.4, -0.2) is 9.97 Å². The molecule has 1 fully saturated rings. The first-order chi connectivity index (χ1) is 28.7. The molecule has 1 aliphatic rings. The van der Waals surface area contributed by atoms with Crippen LogP contribution in [-0.2, 0) is 26.5 Å². The topological polar surface area (TPSA) is 38.9 Å². The standard InChI is InChI=1S/C32H26NO.C17H20N.Ir/c1-20-19-33-30(17-27(20)21-8-3-2-4-9-21)26-13-7-12-25-29-16-23-15-14-22-10-5-6-11-24(22)28(23)18-31(29)34-32(25)26;1-13-5-8-15(9-6-13)16-10-7-14(12-18-16)11-17(2,3)4;/h5-7,10-12,14-19,21H,2-4,8-9H2,1H3;5-8,10,12H,11H2,1-4H3;/q2*-1;/i1D3,21D;1D3,11D2;. The summed E-state index contributed by atoms with van der Waals surface area (Å²) >= 11 is 0. The predicted molar refractivity (Wildman–Crippen MR) is 218 cm³/mol. The van der Waals surface area contributed by atoms with Crippen LogP contribution < -0.4 is 0 Å². The number of fused-ring (bicyclic) bond motifs is 6. The predicted octanol–water partition coefficient (Wildman–Crippen LogP) is 13.6. The molecule has 0 atom stereocenters. The molecule has 1 radical (unpaired) electrons. The third kappa shape index (κ3) is 7.86. The molecule has 3 nitrogen and oxygen atoms in total. The van der Waals surface area contributed by atoms with Crippen LogP contribution in [0.15, 0.2) is 114 Å². The van der Waals surface area contributed by atoms with E-state index in [1.165, 1.54) is 29.2 Å². The van der Waals surface area contributed by atoms with Gasteiger partial charge in [0.25, 0.3) is 0 Å². The Morgan fingerprint density at radius 1 is 0.792 bits per heavy atom. The van der Waals surface area contributed by atoms with E-state index in [1.54, 1.807) is 24.3 Å². The molecule has 0 saturated heterocycles. The number of benzene rings is 5. The SMILES string of the molecule is [2H]C([2H])([2H])c1c[c-]c(-c2ccc(C([2H])([2H])C(C)(C)C)cn2)cc1.[2H]C([2H])([2H])c1cnc(-c2[c-]ccc3c2oc2cc4c(ccc5ccccc54)cc23)cc1C1([2H])CCCCC1.[Ir]. The molecule has 0 bridgehead atoms. The second-order valence-corrected chi connectivity index (χ2v) is 14.6. The molecular weight excluding hydrogens is 825 g/mol. The Morgan fingerprint density at radius 2 is 1.62 bits per heavy atom. The molecule has 0 spiro atoms. The van der Waals surface area contributed by atoms with Gasteiger partial charge in [-0.05, 0) is 99.1 Å². The molecule has 0 aliphatic heterocycles. The monoisotopic (exact) mass is 880 g/mol. The minimum Gasteiger partial charge on any atom is -0.501 e. The van der Waals surface area contributed by atoms with Crippen LogP contribution in [0.1, 0.15) is 93.4 Å². The summed E-state index contributed by atoms with van der Waals surface area (Å²) in [5.74, 6) is -0.930. The van der Waals surface area contributed by atoms with Crippen molar-refractivity contribution in [1.82, 2.24) is 9.97 Å². The number of pyridine rings is 2. The van der Waals surface area contributed by atoms with Gasteiger partial charge in [-0.2, -0.15) is 0 Å². The van der Waals surface area contributed by atoms with Gasteiger partial charge in [-0.15, -0.1) is 53.6 Å². The van der Waals surface area contributed by atoms with Gasteiger partial charge in [0.2, 0.25) is 0 Å². The Morgan fingerprint density at radius 3 is 2.38 bits per heavy atom. The summed E-state index contributed by atoms with van der Waals surface area (Å²) in [6.07, 6.45) is 5.72. The summed E-state index contributed by atoms with van der Waals surface area (Å²) in [4.78, 5) is 8.89. The number of hydrogen-bond acceptors (Lipinski definition) is 3. The average molecular weight is 880 g/mol. The van der Waals surface area contributed by atoms with Crippen LogP contribution in [0, 0.1) is 31.3 Å². The molecular formula is C49H46IrN2O-2. The third-order valence-corrected chi connectivity index (χ3v) is 9.67. The molecule has 8 aromatic rings. The fourth-order valence-corrected chi connectivity index (χ4v) is 7.21. The largest absolute Gasteiger partial charge is 0.501 e. The number of furan rings is 1. The first kappa shape index (κ1) is 27.0. The molecule has 9 rings (SSSR count). The molecule has 1 aliphatic carbocycles. The van der Waals surface area contributed by atoms with Gasteiger partial charge in [-0.3, -0.25) is 0 Å². The van der Waals surface area contributed by atoms with Crippen LogP contribution in [0.5, 0.6) is 0 Å². The van der Waals surface area contributed by atoms with Crippen LogP contribution in [0.25, 0.3) is 66.0 Å².